The molecule has 9 heteroatoms. The van der Waals surface area contributed by atoms with Gasteiger partial charge in [0.25, 0.3) is 5.78 Å². The molecule has 0 unspecified atom stereocenters. The van der Waals surface area contributed by atoms with Crippen molar-refractivity contribution in [3.8, 4) is 5.75 Å². The highest BCUT2D eigenvalue weighted by atomic mass is 79.9. The molecule has 0 saturated carbocycles. The molecule has 1 amide bonds. The molecule has 37 heavy (non-hydrogen) atoms. The minimum Gasteiger partial charge on any atom is -0.507 e. The molecular weight excluding hydrogens is 554 g/mol. The van der Waals surface area contributed by atoms with Gasteiger partial charge in [-0.2, -0.15) is 0 Å². The van der Waals surface area contributed by atoms with Crippen molar-refractivity contribution in [1.82, 2.24) is 10.2 Å². The largest absolute Gasteiger partial charge is 0.507 e. The Bertz CT molecular complexity index is 1510. The van der Waals surface area contributed by atoms with Gasteiger partial charge in [0.1, 0.15) is 23.1 Å². The molecule has 2 heterocycles. The number of ketones is 1. The van der Waals surface area contributed by atoms with E-state index in [-0.39, 0.29) is 11.3 Å². The number of ether oxygens (including phenoxy) is 1. The van der Waals surface area contributed by atoms with Gasteiger partial charge in [0, 0.05) is 10.0 Å². The van der Waals surface area contributed by atoms with E-state index < -0.39 is 17.7 Å². The van der Waals surface area contributed by atoms with E-state index >= 15 is 0 Å². The highest BCUT2D eigenvalue weighted by molar-refractivity contribution is 9.10. The van der Waals surface area contributed by atoms with Gasteiger partial charge >= 0.3 is 5.91 Å². The van der Waals surface area contributed by atoms with E-state index in [4.69, 9.17) is 4.74 Å². The number of hydrogen-bond acceptors (Lipinski definition) is 7. The average Bonchev–Trinajstić information content (AvgIpc) is 3.43. The van der Waals surface area contributed by atoms with Gasteiger partial charge < -0.3 is 9.84 Å². The molecule has 0 aliphatic carbocycles. The SMILES string of the molecule is Cc1cccc(COc2ccc(C(O)=C3C(=O)C(=O)N(c4nnc(C)s4)[C@@H]3c3ccc(Br)cc3)cc2)c1. The number of halogens is 1. The molecule has 3 aromatic carbocycles. The predicted octanol–water partition coefficient (Wildman–Crippen LogP) is 6.12. The second kappa shape index (κ2) is 10.3. The second-order valence-electron chi connectivity index (χ2n) is 8.63. The van der Waals surface area contributed by atoms with Crippen LogP contribution in [-0.4, -0.2) is 27.0 Å². The van der Waals surface area contributed by atoms with E-state index in [1.807, 2.05) is 37.3 Å². The number of amides is 1. The lowest BCUT2D eigenvalue weighted by Gasteiger charge is -2.22. The Morgan fingerprint density at radius 3 is 2.41 bits per heavy atom. The highest BCUT2D eigenvalue weighted by Gasteiger charge is 2.48. The molecular formula is C28H22BrN3O4S. The third kappa shape index (κ3) is 5.05. The zero-order valence-electron chi connectivity index (χ0n) is 20.0. The predicted molar refractivity (Wildman–Crippen MR) is 146 cm³/mol. The van der Waals surface area contributed by atoms with Crippen molar-refractivity contribution < 1.29 is 19.4 Å². The van der Waals surface area contributed by atoms with Gasteiger partial charge in [0.15, 0.2) is 0 Å². The molecule has 1 fully saturated rings. The summed E-state index contributed by atoms with van der Waals surface area (Å²) in [6.07, 6.45) is 0. The van der Waals surface area contributed by atoms with E-state index in [0.717, 1.165) is 15.6 Å². The van der Waals surface area contributed by atoms with Crippen LogP contribution in [0, 0.1) is 13.8 Å². The molecule has 1 atom stereocenters. The minimum absolute atomic E-state index is 0.00592. The average molecular weight is 576 g/mol. The van der Waals surface area contributed by atoms with Crippen LogP contribution in [0.2, 0.25) is 0 Å². The molecule has 0 bridgehead atoms. The summed E-state index contributed by atoms with van der Waals surface area (Å²) >= 11 is 4.63. The zero-order chi connectivity index (χ0) is 26.1. The third-order valence-corrected chi connectivity index (χ3v) is 7.33. The van der Waals surface area contributed by atoms with Gasteiger partial charge in [-0.15, -0.1) is 10.2 Å². The summed E-state index contributed by atoms with van der Waals surface area (Å²) in [5.41, 5.74) is 3.26. The number of Topliss-reactive ketones (excluding diaryl/α,β-unsaturated/α-hetero) is 1. The van der Waals surface area contributed by atoms with E-state index in [2.05, 4.69) is 32.2 Å². The number of carbonyl (C=O) groups excluding carboxylic acids is 2. The minimum atomic E-state index is -0.849. The van der Waals surface area contributed by atoms with Gasteiger partial charge in [-0.25, -0.2) is 0 Å². The molecule has 5 rings (SSSR count). The molecule has 1 aliphatic heterocycles. The van der Waals surface area contributed by atoms with Crippen molar-refractivity contribution in [3.05, 3.63) is 110 Å². The molecule has 1 N–H and O–H groups in total. The van der Waals surface area contributed by atoms with E-state index in [1.54, 1.807) is 43.3 Å². The molecule has 0 spiro atoms. The summed E-state index contributed by atoms with van der Waals surface area (Å²) in [5, 5.41) is 20.4. The van der Waals surface area contributed by atoms with Gasteiger partial charge in [-0.3, -0.25) is 14.5 Å². The van der Waals surface area contributed by atoms with Crippen molar-refractivity contribution in [3.63, 3.8) is 0 Å². The number of aryl methyl sites for hydroxylation is 2. The molecule has 1 aromatic heterocycles. The first kappa shape index (κ1) is 24.9. The first-order chi connectivity index (χ1) is 17.8. The lowest BCUT2D eigenvalue weighted by Crippen LogP contribution is -2.29. The van der Waals surface area contributed by atoms with Crippen LogP contribution < -0.4 is 9.64 Å². The van der Waals surface area contributed by atoms with Crippen LogP contribution in [0.15, 0.2) is 82.8 Å². The number of carbonyl (C=O) groups is 2. The summed E-state index contributed by atoms with van der Waals surface area (Å²) in [6.45, 7) is 4.20. The molecule has 186 valence electrons. The van der Waals surface area contributed by atoms with E-state index in [1.165, 1.54) is 16.2 Å². The second-order valence-corrected chi connectivity index (χ2v) is 10.7. The summed E-state index contributed by atoms with van der Waals surface area (Å²) in [7, 11) is 0. The zero-order valence-corrected chi connectivity index (χ0v) is 22.4. The summed E-state index contributed by atoms with van der Waals surface area (Å²) in [6, 6.07) is 21.2. The summed E-state index contributed by atoms with van der Waals surface area (Å²) in [5.74, 6) is -1.19. The smallest absolute Gasteiger partial charge is 0.301 e. The fourth-order valence-corrected chi connectivity index (χ4v) is 5.19. The first-order valence-corrected chi connectivity index (χ1v) is 13.1. The Morgan fingerprint density at radius 1 is 1.03 bits per heavy atom. The van der Waals surface area contributed by atoms with Crippen LogP contribution in [0.4, 0.5) is 5.13 Å². The summed E-state index contributed by atoms with van der Waals surface area (Å²) < 4.78 is 6.73. The maximum absolute atomic E-state index is 13.2. The monoisotopic (exact) mass is 575 g/mol. The highest BCUT2D eigenvalue weighted by Crippen LogP contribution is 2.43. The maximum Gasteiger partial charge on any atom is 0.301 e. The van der Waals surface area contributed by atoms with E-state index in [0.29, 0.717) is 33.6 Å². The number of rotatable bonds is 6. The Balaban J connectivity index is 1.50. The van der Waals surface area contributed by atoms with Crippen molar-refractivity contribution in [2.24, 2.45) is 0 Å². The molecule has 0 radical (unpaired) electrons. The Morgan fingerprint density at radius 2 is 1.76 bits per heavy atom. The maximum atomic E-state index is 13.2. The van der Waals surface area contributed by atoms with Crippen LogP contribution >= 0.6 is 27.3 Å². The van der Waals surface area contributed by atoms with Crippen molar-refractivity contribution in [1.29, 1.82) is 0 Å². The summed E-state index contributed by atoms with van der Waals surface area (Å²) in [4.78, 5) is 27.7. The molecule has 4 aromatic rings. The Hall–Kier alpha value is -3.82. The number of hydrogen-bond donors (Lipinski definition) is 1. The quantitative estimate of drug-likeness (QED) is 0.169. The fraction of sp³-hybridized carbons (Fsp3) is 0.143. The number of aliphatic hydroxyl groups is 1. The van der Waals surface area contributed by atoms with Gasteiger partial charge in [0.2, 0.25) is 5.13 Å². The number of benzene rings is 3. The van der Waals surface area contributed by atoms with Crippen molar-refractivity contribution in [2.45, 2.75) is 26.5 Å². The molecule has 1 saturated heterocycles. The van der Waals surface area contributed by atoms with Crippen LogP contribution in [0.5, 0.6) is 5.75 Å². The number of nitrogens with zero attached hydrogens (tertiary/aromatic N) is 3. The van der Waals surface area contributed by atoms with Crippen molar-refractivity contribution in [2.75, 3.05) is 4.90 Å². The molecule has 1 aliphatic rings. The topological polar surface area (TPSA) is 92.6 Å². The number of aliphatic hydroxyl groups excluding tert-OH is 1. The lowest BCUT2D eigenvalue weighted by atomic mass is 9.95. The number of anilines is 1. The van der Waals surface area contributed by atoms with Crippen LogP contribution in [0.1, 0.15) is 33.3 Å². The standard InChI is InChI=1S/C28H22BrN3O4S/c1-16-4-3-5-18(14-16)15-36-22-12-8-20(9-13-22)25(33)23-24(19-6-10-21(29)11-7-19)32(27(35)26(23)34)28-31-30-17(2)37-28/h3-14,24,33H,15H2,1-2H3/t24-/m1/s1. The number of aromatic nitrogens is 2. The van der Waals surface area contributed by atoms with Gasteiger partial charge in [0.05, 0.1) is 11.6 Å². The van der Waals surface area contributed by atoms with Crippen LogP contribution in [0.3, 0.4) is 0 Å². The fourth-order valence-electron chi connectivity index (χ4n) is 4.21. The first-order valence-electron chi connectivity index (χ1n) is 11.5. The van der Waals surface area contributed by atoms with Crippen LogP contribution in [-0.2, 0) is 16.2 Å². The molecule has 7 nitrogen and oxygen atoms in total. The van der Waals surface area contributed by atoms with Crippen molar-refractivity contribution >= 4 is 49.8 Å². The normalized spacial score (nSPS) is 16.8. The Labute approximate surface area is 226 Å². The third-order valence-electron chi connectivity index (χ3n) is 5.97. The lowest BCUT2D eigenvalue weighted by molar-refractivity contribution is -0.132. The van der Waals surface area contributed by atoms with Gasteiger partial charge in [-0.1, -0.05) is 69.2 Å². The van der Waals surface area contributed by atoms with Crippen LogP contribution in [0.25, 0.3) is 5.76 Å². The van der Waals surface area contributed by atoms with Gasteiger partial charge in [-0.05, 0) is 61.4 Å². The van der Waals surface area contributed by atoms with E-state index in [9.17, 15) is 14.7 Å². The Kier molecular flexibility index (Phi) is 6.90.